The van der Waals surface area contributed by atoms with E-state index in [0.29, 0.717) is 12.2 Å². The molecule has 0 saturated carbocycles. The Morgan fingerprint density at radius 1 is 1.56 bits per heavy atom. The van der Waals surface area contributed by atoms with Crippen LogP contribution >= 0.6 is 0 Å². The van der Waals surface area contributed by atoms with Gasteiger partial charge in [0.1, 0.15) is 5.69 Å². The molecule has 0 aliphatic carbocycles. The van der Waals surface area contributed by atoms with Crippen molar-refractivity contribution in [2.45, 2.75) is 19.4 Å². The molecule has 2 rings (SSSR count). The summed E-state index contributed by atoms with van der Waals surface area (Å²) in [4.78, 5) is 13.9. The minimum Gasteiger partial charge on any atom is -0.391 e. The van der Waals surface area contributed by atoms with Crippen LogP contribution in [0.4, 0.5) is 0 Å². The summed E-state index contributed by atoms with van der Waals surface area (Å²) in [5, 5.41) is 9.76. The molecule has 16 heavy (non-hydrogen) atoms. The van der Waals surface area contributed by atoms with Crippen molar-refractivity contribution in [2.75, 3.05) is 13.1 Å². The first kappa shape index (κ1) is 11.2. The van der Waals surface area contributed by atoms with Gasteiger partial charge in [-0.3, -0.25) is 4.79 Å². The topological polar surface area (TPSA) is 45.5 Å². The Morgan fingerprint density at radius 2 is 2.31 bits per heavy atom. The quantitative estimate of drug-likeness (QED) is 0.766. The van der Waals surface area contributed by atoms with E-state index in [0.717, 1.165) is 13.0 Å². The van der Waals surface area contributed by atoms with Crippen molar-refractivity contribution in [1.82, 2.24) is 9.47 Å². The lowest BCUT2D eigenvalue weighted by atomic mass is 9.96. The minimum atomic E-state index is -0.391. The van der Waals surface area contributed by atoms with Gasteiger partial charge in [-0.05, 0) is 24.5 Å². The Bertz CT molecular complexity index is 386. The number of carbonyl (C=O) groups excluding carboxylic acids is 1. The van der Waals surface area contributed by atoms with Gasteiger partial charge in [0.05, 0.1) is 6.10 Å². The number of aliphatic hydroxyl groups excluding tert-OH is 1. The van der Waals surface area contributed by atoms with Gasteiger partial charge in [-0.15, -0.1) is 0 Å². The van der Waals surface area contributed by atoms with Crippen LogP contribution in [0.1, 0.15) is 23.8 Å². The van der Waals surface area contributed by atoms with Gasteiger partial charge in [0.25, 0.3) is 5.91 Å². The zero-order valence-corrected chi connectivity index (χ0v) is 9.76. The van der Waals surface area contributed by atoms with Crippen LogP contribution in [0.25, 0.3) is 0 Å². The van der Waals surface area contributed by atoms with Crippen LogP contribution in [-0.2, 0) is 7.05 Å². The van der Waals surface area contributed by atoms with Crippen molar-refractivity contribution in [2.24, 2.45) is 13.0 Å². The van der Waals surface area contributed by atoms with Crippen molar-refractivity contribution in [3.05, 3.63) is 24.0 Å². The van der Waals surface area contributed by atoms with Gasteiger partial charge < -0.3 is 14.6 Å². The van der Waals surface area contributed by atoms with Crippen molar-refractivity contribution in [3.63, 3.8) is 0 Å². The van der Waals surface area contributed by atoms with Crippen LogP contribution in [0.15, 0.2) is 18.3 Å². The van der Waals surface area contributed by atoms with Crippen molar-refractivity contribution >= 4 is 5.91 Å². The van der Waals surface area contributed by atoms with E-state index < -0.39 is 6.10 Å². The molecule has 1 aliphatic heterocycles. The molecule has 4 nitrogen and oxygen atoms in total. The summed E-state index contributed by atoms with van der Waals surface area (Å²) in [6, 6.07) is 3.67. The molecule has 88 valence electrons. The number of aromatic nitrogens is 1. The summed E-state index contributed by atoms with van der Waals surface area (Å²) in [5.41, 5.74) is 0.682. The number of hydrogen-bond donors (Lipinski definition) is 1. The largest absolute Gasteiger partial charge is 0.391 e. The maximum absolute atomic E-state index is 12.1. The number of hydrogen-bond acceptors (Lipinski definition) is 2. The molecule has 2 heterocycles. The number of aliphatic hydroxyl groups is 1. The van der Waals surface area contributed by atoms with Crippen molar-refractivity contribution in [1.29, 1.82) is 0 Å². The SMILES string of the molecule is CC1CCN(C(=O)c2cccn2C)CC1O. The molecule has 1 saturated heterocycles. The lowest BCUT2D eigenvalue weighted by Crippen LogP contribution is -2.46. The van der Waals surface area contributed by atoms with Crippen molar-refractivity contribution in [3.8, 4) is 0 Å². The van der Waals surface area contributed by atoms with E-state index in [1.165, 1.54) is 0 Å². The van der Waals surface area contributed by atoms with E-state index in [-0.39, 0.29) is 11.8 Å². The number of aryl methyl sites for hydroxylation is 1. The molecular weight excluding hydrogens is 204 g/mol. The fourth-order valence-corrected chi connectivity index (χ4v) is 2.08. The summed E-state index contributed by atoms with van der Waals surface area (Å²) in [7, 11) is 1.86. The maximum atomic E-state index is 12.1. The van der Waals surface area contributed by atoms with Crippen LogP contribution < -0.4 is 0 Å². The Labute approximate surface area is 95.5 Å². The number of carbonyl (C=O) groups is 1. The van der Waals surface area contributed by atoms with Gasteiger partial charge >= 0.3 is 0 Å². The molecule has 2 atom stereocenters. The second kappa shape index (κ2) is 4.29. The molecule has 2 unspecified atom stereocenters. The molecule has 0 spiro atoms. The smallest absolute Gasteiger partial charge is 0.270 e. The van der Waals surface area contributed by atoms with E-state index in [9.17, 15) is 9.90 Å². The van der Waals surface area contributed by atoms with Gasteiger partial charge in [0.15, 0.2) is 0 Å². The van der Waals surface area contributed by atoms with E-state index >= 15 is 0 Å². The lowest BCUT2D eigenvalue weighted by Gasteiger charge is -2.34. The molecule has 1 aromatic rings. The summed E-state index contributed by atoms with van der Waals surface area (Å²) >= 11 is 0. The molecule has 1 aliphatic rings. The summed E-state index contributed by atoms with van der Waals surface area (Å²) in [6.07, 6.45) is 2.34. The summed E-state index contributed by atoms with van der Waals surface area (Å²) < 4.78 is 1.81. The zero-order valence-electron chi connectivity index (χ0n) is 9.76. The molecule has 0 radical (unpaired) electrons. The highest BCUT2D eigenvalue weighted by molar-refractivity contribution is 5.92. The van der Waals surface area contributed by atoms with E-state index in [1.54, 1.807) is 4.90 Å². The molecule has 1 aromatic heterocycles. The fourth-order valence-electron chi connectivity index (χ4n) is 2.08. The highest BCUT2D eigenvalue weighted by Gasteiger charge is 2.28. The summed E-state index contributed by atoms with van der Waals surface area (Å²) in [6.45, 7) is 3.21. The van der Waals surface area contributed by atoms with E-state index in [2.05, 4.69) is 0 Å². The Kier molecular flexibility index (Phi) is 3.01. The second-order valence-corrected chi connectivity index (χ2v) is 4.59. The Hall–Kier alpha value is -1.29. The number of nitrogens with zero attached hydrogens (tertiary/aromatic N) is 2. The second-order valence-electron chi connectivity index (χ2n) is 4.59. The maximum Gasteiger partial charge on any atom is 0.270 e. The van der Waals surface area contributed by atoms with Gasteiger partial charge in [0, 0.05) is 26.3 Å². The van der Waals surface area contributed by atoms with Crippen LogP contribution in [0.2, 0.25) is 0 Å². The monoisotopic (exact) mass is 222 g/mol. The van der Waals surface area contributed by atoms with E-state index in [4.69, 9.17) is 0 Å². The molecule has 1 N–H and O–H groups in total. The predicted molar refractivity (Wildman–Crippen MR) is 61.1 cm³/mol. The van der Waals surface area contributed by atoms with Crippen LogP contribution in [0, 0.1) is 5.92 Å². The van der Waals surface area contributed by atoms with Crippen LogP contribution in [0.3, 0.4) is 0 Å². The molecule has 0 bridgehead atoms. The zero-order chi connectivity index (χ0) is 11.7. The third-order valence-electron chi connectivity index (χ3n) is 3.37. The molecule has 0 aromatic carbocycles. The van der Waals surface area contributed by atoms with E-state index in [1.807, 2.05) is 36.9 Å². The van der Waals surface area contributed by atoms with Gasteiger partial charge in [0.2, 0.25) is 0 Å². The standard InChI is InChI=1S/C12H18N2O2/c1-9-5-7-14(8-11(9)15)12(16)10-4-3-6-13(10)2/h3-4,6,9,11,15H,5,7-8H2,1-2H3. The highest BCUT2D eigenvalue weighted by atomic mass is 16.3. The van der Waals surface area contributed by atoms with Crippen LogP contribution in [-0.4, -0.2) is 39.7 Å². The fraction of sp³-hybridized carbons (Fsp3) is 0.583. The molecular formula is C12H18N2O2. The Balaban J connectivity index is 2.09. The molecule has 1 amide bonds. The molecule has 4 heteroatoms. The number of β-amino-alcohol motifs (C(OH)–C–C–N with tert-alkyl or cyclic N) is 1. The first-order valence-electron chi connectivity index (χ1n) is 5.68. The van der Waals surface area contributed by atoms with Crippen LogP contribution in [0.5, 0.6) is 0 Å². The first-order chi connectivity index (χ1) is 7.59. The first-order valence-corrected chi connectivity index (χ1v) is 5.68. The average Bonchev–Trinajstić information content (AvgIpc) is 2.67. The third kappa shape index (κ3) is 1.97. The molecule has 1 fully saturated rings. The van der Waals surface area contributed by atoms with Gasteiger partial charge in [-0.2, -0.15) is 0 Å². The number of rotatable bonds is 1. The highest BCUT2D eigenvalue weighted by Crippen LogP contribution is 2.18. The number of amides is 1. The Morgan fingerprint density at radius 3 is 2.88 bits per heavy atom. The third-order valence-corrected chi connectivity index (χ3v) is 3.37. The van der Waals surface area contributed by atoms with Crippen molar-refractivity contribution < 1.29 is 9.90 Å². The minimum absolute atomic E-state index is 0.0125. The normalized spacial score (nSPS) is 25.8. The number of likely N-dealkylation sites (tertiary alicyclic amines) is 1. The van der Waals surface area contributed by atoms with Gasteiger partial charge in [-0.25, -0.2) is 0 Å². The summed E-state index contributed by atoms with van der Waals surface area (Å²) in [5.74, 6) is 0.302. The predicted octanol–water partition coefficient (Wildman–Crippen LogP) is 0.868. The number of piperidine rings is 1. The average molecular weight is 222 g/mol. The lowest BCUT2D eigenvalue weighted by molar-refractivity contribution is 0.0243. The van der Waals surface area contributed by atoms with Gasteiger partial charge in [-0.1, -0.05) is 6.92 Å².